The maximum atomic E-state index is 12.6. The molecule has 1 atom stereocenters. The summed E-state index contributed by atoms with van der Waals surface area (Å²) < 4.78 is 12.6. The fourth-order valence-corrected chi connectivity index (χ4v) is 1.78. The molecule has 3 heteroatoms. The number of nitrogens with zero attached hydrogens (tertiary/aromatic N) is 1. The molecule has 66 valence electrons. The first-order chi connectivity index (χ1) is 5.22. The summed E-state index contributed by atoms with van der Waals surface area (Å²) in [7, 11) is 2.03. The summed E-state index contributed by atoms with van der Waals surface area (Å²) in [5, 5.41) is 0. The fraction of sp³-hybridized carbons (Fsp3) is 1.00. The van der Waals surface area contributed by atoms with E-state index < -0.39 is 0 Å². The molecule has 11 heavy (non-hydrogen) atoms. The topological polar surface area (TPSA) is 29.3 Å². The van der Waals surface area contributed by atoms with Gasteiger partial charge >= 0.3 is 0 Å². The van der Waals surface area contributed by atoms with Crippen molar-refractivity contribution in [1.82, 2.24) is 4.90 Å². The molecule has 0 spiro atoms. The van der Waals surface area contributed by atoms with E-state index in [1.54, 1.807) is 0 Å². The van der Waals surface area contributed by atoms with Crippen LogP contribution in [0.25, 0.3) is 0 Å². The lowest BCUT2D eigenvalue weighted by Gasteiger charge is -2.38. The van der Waals surface area contributed by atoms with Crippen LogP contribution >= 0.6 is 0 Å². The Bertz CT molecular complexity index is 123. The van der Waals surface area contributed by atoms with Gasteiger partial charge in [-0.1, -0.05) is 0 Å². The zero-order valence-corrected chi connectivity index (χ0v) is 7.15. The minimum atomic E-state index is -0.270. The van der Waals surface area contributed by atoms with Gasteiger partial charge in [0, 0.05) is 18.5 Å². The van der Waals surface area contributed by atoms with Gasteiger partial charge in [-0.3, -0.25) is 4.39 Å². The molecule has 0 aromatic heterocycles. The summed E-state index contributed by atoms with van der Waals surface area (Å²) in [5.74, 6) is 0. The molecule has 0 saturated carbocycles. The molecule has 2 nitrogen and oxygen atoms in total. The van der Waals surface area contributed by atoms with Crippen LogP contribution in [0.2, 0.25) is 0 Å². The van der Waals surface area contributed by atoms with E-state index in [-0.39, 0.29) is 12.1 Å². The van der Waals surface area contributed by atoms with Crippen LogP contribution in [0.1, 0.15) is 12.8 Å². The number of hydrogen-bond donors (Lipinski definition) is 1. The Labute approximate surface area is 67.6 Å². The van der Waals surface area contributed by atoms with Crippen LogP contribution in [0, 0.1) is 5.41 Å². The Hall–Kier alpha value is -0.150. The van der Waals surface area contributed by atoms with Crippen LogP contribution in [0.3, 0.4) is 0 Å². The molecule has 1 aliphatic rings. The van der Waals surface area contributed by atoms with Crippen LogP contribution in [0.4, 0.5) is 4.39 Å². The minimum Gasteiger partial charge on any atom is -0.330 e. The fourth-order valence-electron chi connectivity index (χ4n) is 1.78. The van der Waals surface area contributed by atoms with Crippen molar-refractivity contribution in [3.05, 3.63) is 0 Å². The minimum absolute atomic E-state index is 0.229. The summed E-state index contributed by atoms with van der Waals surface area (Å²) >= 11 is 0. The average Bonchev–Trinajstić information content (AvgIpc) is 2.04. The third kappa shape index (κ3) is 1.91. The van der Waals surface area contributed by atoms with Crippen LogP contribution in [0.5, 0.6) is 0 Å². The number of likely N-dealkylation sites (tertiary alicyclic amines) is 1. The first-order valence-corrected chi connectivity index (χ1v) is 4.17. The molecule has 0 radical (unpaired) electrons. The van der Waals surface area contributed by atoms with E-state index in [0.717, 1.165) is 25.9 Å². The molecule has 1 heterocycles. The third-order valence-corrected chi connectivity index (χ3v) is 2.57. The van der Waals surface area contributed by atoms with Gasteiger partial charge in [-0.2, -0.15) is 0 Å². The number of rotatable bonds is 2. The number of nitrogens with two attached hydrogens (primary N) is 1. The Kier molecular flexibility index (Phi) is 2.84. The van der Waals surface area contributed by atoms with Gasteiger partial charge in [0.05, 0.1) is 6.67 Å². The van der Waals surface area contributed by atoms with Crippen molar-refractivity contribution in [2.75, 3.05) is 33.4 Å². The second-order valence-corrected chi connectivity index (χ2v) is 3.68. The summed E-state index contributed by atoms with van der Waals surface area (Å²) in [5.41, 5.74) is 5.32. The molecule has 0 aromatic rings. The van der Waals surface area contributed by atoms with Gasteiger partial charge in [0.1, 0.15) is 0 Å². The standard InChI is InChI=1S/C8H17FN2/c1-11-4-2-3-8(5-9,6-10)7-11/h2-7,10H2,1H3. The van der Waals surface area contributed by atoms with Crippen molar-refractivity contribution < 1.29 is 4.39 Å². The van der Waals surface area contributed by atoms with E-state index in [4.69, 9.17) is 5.73 Å². The Balaban J connectivity index is 2.52. The highest BCUT2D eigenvalue weighted by Crippen LogP contribution is 2.28. The number of piperidine rings is 1. The van der Waals surface area contributed by atoms with Gasteiger partial charge in [0.2, 0.25) is 0 Å². The smallest absolute Gasteiger partial charge is 0.0975 e. The highest BCUT2D eigenvalue weighted by atomic mass is 19.1. The van der Waals surface area contributed by atoms with Crippen LogP contribution < -0.4 is 5.73 Å². The Morgan fingerprint density at radius 2 is 2.36 bits per heavy atom. The Morgan fingerprint density at radius 1 is 1.64 bits per heavy atom. The highest BCUT2D eigenvalue weighted by molar-refractivity contribution is 4.86. The van der Waals surface area contributed by atoms with Crippen molar-refractivity contribution in [3.8, 4) is 0 Å². The zero-order valence-electron chi connectivity index (χ0n) is 7.15. The predicted molar refractivity (Wildman–Crippen MR) is 44.2 cm³/mol. The molecule has 0 aliphatic carbocycles. The maximum Gasteiger partial charge on any atom is 0.0975 e. The largest absolute Gasteiger partial charge is 0.330 e. The van der Waals surface area contributed by atoms with Gasteiger partial charge in [0.25, 0.3) is 0 Å². The highest BCUT2D eigenvalue weighted by Gasteiger charge is 2.32. The first-order valence-electron chi connectivity index (χ1n) is 4.17. The van der Waals surface area contributed by atoms with E-state index in [2.05, 4.69) is 4.90 Å². The van der Waals surface area contributed by atoms with Crippen molar-refractivity contribution in [3.63, 3.8) is 0 Å². The predicted octanol–water partition coefficient (Wildman–Crippen LogP) is 0.627. The lowest BCUT2D eigenvalue weighted by Crippen LogP contribution is -2.47. The monoisotopic (exact) mass is 160 g/mol. The van der Waals surface area contributed by atoms with Crippen molar-refractivity contribution in [2.45, 2.75) is 12.8 Å². The molecule has 0 amide bonds. The molecular formula is C8H17FN2. The second-order valence-electron chi connectivity index (χ2n) is 3.68. The molecule has 0 aromatic carbocycles. The number of alkyl halides is 1. The van der Waals surface area contributed by atoms with Crippen LogP contribution in [0.15, 0.2) is 0 Å². The van der Waals surface area contributed by atoms with E-state index in [1.807, 2.05) is 7.05 Å². The van der Waals surface area contributed by atoms with Gasteiger partial charge < -0.3 is 10.6 Å². The molecule has 2 N–H and O–H groups in total. The van der Waals surface area contributed by atoms with Gasteiger partial charge in [-0.25, -0.2) is 0 Å². The molecule has 1 fully saturated rings. The average molecular weight is 160 g/mol. The van der Waals surface area contributed by atoms with Gasteiger partial charge in [0.15, 0.2) is 0 Å². The van der Waals surface area contributed by atoms with E-state index in [9.17, 15) is 4.39 Å². The first kappa shape index (κ1) is 8.94. The molecular weight excluding hydrogens is 143 g/mol. The lowest BCUT2D eigenvalue weighted by atomic mass is 9.81. The number of hydrogen-bond acceptors (Lipinski definition) is 2. The number of halogens is 1. The van der Waals surface area contributed by atoms with Crippen LogP contribution in [-0.2, 0) is 0 Å². The van der Waals surface area contributed by atoms with Gasteiger partial charge in [-0.05, 0) is 26.4 Å². The van der Waals surface area contributed by atoms with Crippen molar-refractivity contribution in [2.24, 2.45) is 11.1 Å². The molecule has 1 rings (SSSR count). The lowest BCUT2D eigenvalue weighted by molar-refractivity contribution is 0.0872. The van der Waals surface area contributed by atoms with E-state index in [1.165, 1.54) is 0 Å². The summed E-state index contributed by atoms with van der Waals surface area (Å²) in [6.45, 7) is 2.11. The molecule has 1 saturated heterocycles. The van der Waals surface area contributed by atoms with Crippen LogP contribution in [-0.4, -0.2) is 38.3 Å². The third-order valence-electron chi connectivity index (χ3n) is 2.57. The van der Waals surface area contributed by atoms with Crippen molar-refractivity contribution >= 4 is 0 Å². The Morgan fingerprint density at radius 3 is 2.73 bits per heavy atom. The van der Waals surface area contributed by atoms with E-state index in [0.29, 0.717) is 6.54 Å². The molecule has 1 aliphatic heterocycles. The van der Waals surface area contributed by atoms with Gasteiger partial charge in [-0.15, -0.1) is 0 Å². The summed E-state index contributed by atoms with van der Waals surface area (Å²) in [4.78, 5) is 2.16. The van der Waals surface area contributed by atoms with Crippen molar-refractivity contribution in [1.29, 1.82) is 0 Å². The van der Waals surface area contributed by atoms with E-state index >= 15 is 0 Å². The molecule has 0 bridgehead atoms. The quantitative estimate of drug-likeness (QED) is 0.642. The maximum absolute atomic E-state index is 12.6. The summed E-state index contributed by atoms with van der Waals surface area (Å²) in [6.07, 6.45) is 2.03. The SMILES string of the molecule is CN1CCCC(CN)(CF)C1. The summed E-state index contributed by atoms with van der Waals surface area (Å²) in [6, 6.07) is 0. The molecule has 1 unspecified atom stereocenters. The second kappa shape index (κ2) is 3.50. The normalized spacial score (nSPS) is 34.1. The zero-order chi connectivity index (χ0) is 8.32.